The summed E-state index contributed by atoms with van der Waals surface area (Å²) in [6.07, 6.45) is 5.40. The highest BCUT2D eigenvalue weighted by Crippen LogP contribution is 2.65. The van der Waals surface area contributed by atoms with Gasteiger partial charge in [0.05, 0.1) is 0 Å². The summed E-state index contributed by atoms with van der Waals surface area (Å²) in [6, 6.07) is 6.02. The Hall–Kier alpha value is -2.17. The van der Waals surface area contributed by atoms with Crippen molar-refractivity contribution >= 4 is 17.7 Å². The summed E-state index contributed by atoms with van der Waals surface area (Å²) in [5.74, 6) is 1.23. The number of rotatable bonds is 3. The summed E-state index contributed by atoms with van der Waals surface area (Å²) in [5.41, 5.74) is 1.34. The number of hydrogen-bond acceptors (Lipinski definition) is 5. The predicted molar refractivity (Wildman–Crippen MR) is 108 cm³/mol. The predicted octanol–water partition coefficient (Wildman–Crippen LogP) is 4.36. The largest absolute Gasteiger partial charge is 0.451 e. The highest BCUT2D eigenvalue weighted by atomic mass is 16.6. The van der Waals surface area contributed by atoms with Crippen LogP contribution >= 0.6 is 0 Å². The van der Waals surface area contributed by atoms with Crippen LogP contribution in [0.5, 0.6) is 5.75 Å². The number of ether oxygens (including phenoxy) is 2. The van der Waals surface area contributed by atoms with Gasteiger partial charge in [-0.25, -0.2) is 0 Å². The van der Waals surface area contributed by atoms with Crippen LogP contribution in [0.15, 0.2) is 18.2 Å². The lowest BCUT2D eigenvalue weighted by atomic mass is 9.53. The molecule has 3 aliphatic carbocycles. The standard InChI is InChI=1S/C24H30O5/c1-14(25)24(29-16(3)27)12-10-22-21-7-5-17-13-18(28-15(2)26)6-8-19(17)20(21)9-11-23(22,24)4/h6,8,13,20-22H,5,7,9-12H2,1-4H3/t20-,21-,22+,23+,24+/m1/s1. The van der Waals surface area contributed by atoms with E-state index in [9.17, 15) is 14.4 Å². The van der Waals surface area contributed by atoms with Gasteiger partial charge in [0, 0.05) is 19.3 Å². The van der Waals surface area contributed by atoms with Gasteiger partial charge in [-0.2, -0.15) is 0 Å². The lowest BCUT2D eigenvalue weighted by Gasteiger charge is -2.53. The molecular weight excluding hydrogens is 368 g/mol. The van der Waals surface area contributed by atoms with Crippen molar-refractivity contribution in [1.82, 2.24) is 0 Å². The van der Waals surface area contributed by atoms with E-state index in [1.165, 1.54) is 25.0 Å². The minimum atomic E-state index is -0.978. The first kappa shape index (κ1) is 20.1. The number of aryl methyl sites for hydroxylation is 1. The Morgan fingerprint density at radius 2 is 1.76 bits per heavy atom. The zero-order valence-corrected chi connectivity index (χ0v) is 17.7. The maximum Gasteiger partial charge on any atom is 0.308 e. The van der Waals surface area contributed by atoms with Crippen LogP contribution in [0.2, 0.25) is 0 Å². The Morgan fingerprint density at radius 3 is 2.41 bits per heavy atom. The Morgan fingerprint density at radius 1 is 1.00 bits per heavy atom. The van der Waals surface area contributed by atoms with Crippen molar-refractivity contribution in [3.05, 3.63) is 29.3 Å². The third-order valence-corrected chi connectivity index (χ3v) is 7.97. The molecule has 5 nitrogen and oxygen atoms in total. The first-order valence-corrected chi connectivity index (χ1v) is 10.7. The van der Waals surface area contributed by atoms with E-state index in [2.05, 4.69) is 13.0 Å². The smallest absolute Gasteiger partial charge is 0.308 e. The van der Waals surface area contributed by atoms with Crippen LogP contribution in [0, 0.1) is 17.3 Å². The van der Waals surface area contributed by atoms with Crippen molar-refractivity contribution in [3.63, 3.8) is 0 Å². The second kappa shape index (κ2) is 6.96. The molecule has 0 radical (unpaired) electrons. The van der Waals surface area contributed by atoms with E-state index in [1.54, 1.807) is 6.92 Å². The van der Waals surface area contributed by atoms with Gasteiger partial charge in [0.2, 0.25) is 0 Å². The first-order chi connectivity index (χ1) is 13.7. The van der Waals surface area contributed by atoms with Gasteiger partial charge in [0.25, 0.3) is 0 Å². The number of hydrogen-bond donors (Lipinski definition) is 0. The number of ketones is 1. The quantitative estimate of drug-likeness (QED) is 0.559. The van der Waals surface area contributed by atoms with Gasteiger partial charge in [0.15, 0.2) is 11.4 Å². The highest BCUT2D eigenvalue weighted by Gasteiger charge is 2.66. The summed E-state index contributed by atoms with van der Waals surface area (Å²) < 4.78 is 11.1. The molecule has 2 fully saturated rings. The molecule has 2 saturated carbocycles. The normalized spacial score (nSPS) is 35.1. The van der Waals surface area contributed by atoms with Crippen molar-refractivity contribution in [2.45, 2.75) is 77.7 Å². The van der Waals surface area contributed by atoms with Crippen molar-refractivity contribution in [3.8, 4) is 5.75 Å². The minimum Gasteiger partial charge on any atom is -0.451 e. The van der Waals surface area contributed by atoms with Gasteiger partial charge < -0.3 is 9.47 Å². The van der Waals surface area contributed by atoms with Crippen molar-refractivity contribution in [2.24, 2.45) is 17.3 Å². The topological polar surface area (TPSA) is 69.7 Å². The summed E-state index contributed by atoms with van der Waals surface area (Å²) in [5, 5.41) is 0. The average molecular weight is 398 g/mol. The maximum absolute atomic E-state index is 12.7. The average Bonchev–Trinajstić information content (AvgIpc) is 2.94. The fourth-order valence-electron chi connectivity index (χ4n) is 6.85. The Labute approximate surface area is 172 Å². The van der Waals surface area contributed by atoms with Crippen LogP contribution < -0.4 is 4.74 Å². The fourth-order valence-corrected chi connectivity index (χ4v) is 6.85. The number of esters is 2. The van der Waals surface area contributed by atoms with Gasteiger partial charge in [-0.1, -0.05) is 13.0 Å². The van der Waals surface area contributed by atoms with E-state index in [0.717, 1.165) is 32.1 Å². The lowest BCUT2D eigenvalue weighted by Crippen LogP contribution is -2.56. The van der Waals surface area contributed by atoms with Gasteiger partial charge in [-0.15, -0.1) is 0 Å². The van der Waals surface area contributed by atoms with E-state index >= 15 is 0 Å². The fraction of sp³-hybridized carbons (Fsp3) is 0.625. The van der Waals surface area contributed by atoms with Crippen molar-refractivity contribution in [1.29, 1.82) is 0 Å². The molecule has 3 aliphatic rings. The summed E-state index contributed by atoms with van der Waals surface area (Å²) in [4.78, 5) is 35.9. The SMILES string of the molecule is CC(=O)Oc1ccc2c(c1)CC[C@@H]1[C@@H]2CC[C@@]2(C)[C@H]1CC[C@]2(OC(C)=O)C(C)=O. The number of fused-ring (bicyclic) bond motifs is 5. The molecule has 29 heavy (non-hydrogen) atoms. The number of Topliss-reactive ketones (excluding diaryl/α,β-unsaturated/α-hetero) is 1. The molecule has 0 unspecified atom stereocenters. The number of carbonyl (C=O) groups is 3. The van der Waals surface area contributed by atoms with E-state index in [-0.39, 0.29) is 23.1 Å². The third-order valence-electron chi connectivity index (χ3n) is 7.97. The highest BCUT2D eigenvalue weighted by molar-refractivity contribution is 5.89. The molecule has 0 spiro atoms. The van der Waals surface area contributed by atoms with Crippen molar-refractivity contribution < 1.29 is 23.9 Å². The van der Waals surface area contributed by atoms with E-state index in [0.29, 0.717) is 29.9 Å². The second-order valence-electron chi connectivity index (χ2n) is 9.34. The molecule has 0 bridgehead atoms. The van der Waals surface area contributed by atoms with Gasteiger partial charge >= 0.3 is 11.9 Å². The Balaban J connectivity index is 1.66. The first-order valence-electron chi connectivity index (χ1n) is 10.7. The molecule has 0 aromatic heterocycles. The van der Waals surface area contributed by atoms with Gasteiger partial charge in [-0.3, -0.25) is 14.4 Å². The number of carbonyl (C=O) groups excluding carboxylic acids is 3. The molecule has 5 heteroatoms. The van der Waals surface area contributed by atoms with E-state index in [1.807, 2.05) is 12.1 Å². The maximum atomic E-state index is 12.7. The second-order valence-corrected chi connectivity index (χ2v) is 9.34. The summed E-state index contributed by atoms with van der Waals surface area (Å²) in [7, 11) is 0. The molecule has 0 heterocycles. The molecular formula is C24H30O5. The Kier molecular flexibility index (Phi) is 4.83. The summed E-state index contributed by atoms with van der Waals surface area (Å²) >= 11 is 0. The lowest BCUT2D eigenvalue weighted by molar-refractivity contribution is -0.183. The van der Waals surface area contributed by atoms with Gasteiger partial charge in [-0.05, 0) is 86.5 Å². The van der Waals surface area contributed by atoms with E-state index < -0.39 is 5.60 Å². The summed E-state index contributed by atoms with van der Waals surface area (Å²) in [6.45, 7) is 6.58. The molecule has 0 saturated heterocycles. The zero-order valence-electron chi connectivity index (χ0n) is 17.7. The molecule has 5 atom stereocenters. The minimum absolute atomic E-state index is 0.0154. The van der Waals surface area contributed by atoms with Crippen LogP contribution in [0.1, 0.15) is 76.8 Å². The molecule has 0 N–H and O–H groups in total. The monoisotopic (exact) mass is 398 g/mol. The molecule has 0 amide bonds. The van der Waals surface area contributed by atoms with Crippen LogP contribution in [0.3, 0.4) is 0 Å². The zero-order chi connectivity index (χ0) is 21.0. The third kappa shape index (κ3) is 3.01. The van der Waals surface area contributed by atoms with Gasteiger partial charge in [0.1, 0.15) is 5.75 Å². The Bertz CT molecular complexity index is 874. The number of benzene rings is 1. The molecule has 156 valence electrons. The van der Waals surface area contributed by atoms with Crippen LogP contribution in [0.25, 0.3) is 0 Å². The van der Waals surface area contributed by atoms with Crippen molar-refractivity contribution in [2.75, 3.05) is 0 Å². The molecule has 1 aromatic rings. The van der Waals surface area contributed by atoms with E-state index in [4.69, 9.17) is 9.47 Å². The van der Waals surface area contributed by atoms with Crippen LogP contribution in [-0.2, 0) is 25.5 Å². The van der Waals surface area contributed by atoms with Crippen LogP contribution in [-0.4, -0.2) is 23.3 Å². The molecule has 0 aliphatic heterocycles. The molecule has 1 aromatic carbocycles. The van der Waals surface area contributed by atoms with Crippen LogP contribution in [0.4, 0.5) is 0 Å². The molecule has 4 rings (SSSR count).